The highest BCUT2D eigenvalue weighted by Gasteiger charge is 1.97. The zero-order chi connectivity index (χ0) is 13.5. The number of benzene rings is 2. The highest BCUT2D eigenvalue weighted by molar-refractivity contribution is 6.30. The fourth-order valence-corrected chi connectivity index (χ4v) is 1.81. The van der Waals surface area contributed by atoms with Crippen LogP contribution in [0.2, 0.25) is 5.02 Å². The first-order chi connectivity index (χ1) is 9.28. The topological polar surface area (TPSA) is 21.3 Å². The van der Waals surface area contributed by atoms with Gasteiger partial charge in [-0.05, 0) is 48.4 Å². The minimum atomic E-state index is 0.554. The van der Waals surface area contributed by atoms with Crippen molar-refractivity contribution in [2.45, 2.75) is 20.0 Å². The fourth-order valence-electron chi connectivity index (χ4n) is 1.69. The van der Waals surface area contributed by atoms with Crippen LogP contribution in [-0.2, 0) is 6.61 Å². The molecule has 0 amide bonds. The van der Waals surface area contributed by atoms with E-state index in [2.05, 4.69) is 12.2 Å². The molecule has 0 aromatic heterocycles. The molecule has 0 aliphatic carbocycles. The molecule has 0 spiro atoms. The first-order valence-electron chi connectivity index (χ1n) is 6.49. The van der Waals surface area contributed by atoms with E-state index in [9.17, 15) is 0 Å². The molecule has 0 bridgehead atoms. The number of anilines is 1. The van der Waals surface area contributed by atoms with Crippen molar-refractivity contribution in [3.05, 3.63) is 59.1 Å². The van der Waals surface area contributed by atoms with E-state index < -0.39 is 0 Å². The van der Waals surface area contributed by atoms with Crippen LogP contribution in [0.4, 0.5) is 5.69 Å². The quantitative estimate of drug-likeness (QED) is 0.822. The molecule has 19 heavy (non-hydrogen) atoms. The number of hydrogen-bond acceptors (Lipinski definition) is 2. The number of nitrogens with one attached hydrogen (secondary N) is 1. The summed E-state index contributed by atoms with van der Waals surface area (Å²) in [7, 11) is 0. The number of halogens is 1. The summed E-state index contributed by atoms with van der Waals surface area (Å²) in [4.78, 5) is 0. The van der Waals surface area contributed by atoms with E-state index in [1.165, 1.54) is 0 Å². The van der Waals surface area contributed by atoms with E-state index in [4.69, 9.17) is 16.3 Å². The summed E-state index contributed by atoms with van der Waals surface area (Å²) in [6, 6.07) is 15.7. The highest BCUT2D eigenvalue weighted by Crippen LogP contribution is 2.17. The van der Waals surface area contributed by atoms with Crippen molar-refractivity contribution in [2.24, 2.45) is 0 Å². The van der Waals surface area contributed by atoms with Gasteiger partial charge in [-0.15, -0.1) is 0 Å². The van der Waals surface area contributed by atoms with Gasteiger partial charge in [0.1, 0.15) is 12.4 Å². The van der Waals surface area contributed by atoms with E-state index in [1.807, 2.05) is 48.5 Å². The van der Waals surface area contributed by atoms with Crippen molar-refractivity contribution in [3.8, 4) is 5.75 Å². The largest absolute Gasteiger partial charge is 0.489 e. The molecule has 0 fully saturated rings. The van der Waals surface area contributed by atoms with Crippen LogP contribution in [0.25, 0.3) is 0 Å². The first kappa shape index (κ1) is 13.8. The molecule has 2 rings (SSSR count). The first-order valence-corrected chi connectivity index (χ1v) is 6.87. The Balaban J connectivity index is 1.87. The zero-order valence-electron chi connectivity index (χ0n) is 11.0. The van der Waals surface area contributed by atoms with Crippen molar-refractivity contribution in [1.82, 2.24) is 0 Å². The lowest BCUT2D eigenvalue weighted by molar-refractivity contribution is 0.306. The maximum atomic E-state index is 5.84. The summed E-state index contributed by atoms with van der Waals surface area (Å²) >= 11 is 5.84. The van der Waals surface area contributed by atoms with Crippen LogP contribution in [0.15, 0.2) is 48.5 Å². The van der Waals surface area contributed by atoms with Crippen molar-refractivity contribution in [2.75, 3.05) is 11.9 Å². The maximum Gasteiger partial charge on any atom is 0.119 e. The van der Waals surface area contributed by atoms with E-state index in [0.717, 1.165) is 35.0 Å². The van der Waals surface area contributed by atoms with Crippen LogP contribution in [0, 0.1) is 0 Å². The predicted molar refractivity (Wildman–Crippen MR) is 81.0 cm³/mol. The summed E-state index contributed by atoms with van der Waals surface area (Å²) < 4.78 is 5.72. The van der Waals surface area contributed by atoms with Crippen LogP contribution in [0.5, 0.6) is 5.75 Å². The molecular formula is C16H18ClNO. The second-order valence-corrected chi connectivity index (χ2v) is 4.80. The Hall–Kier alpha value is -1.67. The van der Waals surface area contributed by atoms with Crippen LogP contribution in [-0.4, -0.2) is 6.54 Å². The molecule has 0 aliphatic rings. The second kappa shape index (κ2) is 7.05. The fraction of sp³-hybridized carbons (Fsp3) is 0.250. The van der Waals surface area contributed by atoms with Crippen LogP contribution in [0.3, 0.4) is 0 Å². The van der Waals surface area contributed by atoms with Gasteiger partial charge in [0.25, 0.3) is 0 Å². The molecule has 0 aliphatic heterocycles. The molecule has 100 valence electrons. The third-order valence-corrected chi connectivity index (χ3v) is 3.00. The molecular weight excluding hydrogens is 258 g/mol. The second-order valence-electron chi connectivity index (χ2n) is 4.37. The molecule has 0 unspecified atom stereocenters. The Bertz CT molecular complexity index is 493. The zero-order valence-corrected chi connectivity index (χ0v) is 11.8. The van der Waals surface area contributed by atoms with Gasteiger partial charge in [-0.1, -0.05) is 30.7 Å². The molecule has 0 heterocycles. The molecule has 0 atom stereocenters. The van der Waals surface area contributed by atoms with Gasteiger partial charge in [-0.2, -0.15) is 0 Å². The van der Waals surface area contributed by atoms with Crippen molar-refractivity contribution in [1.29, 1.82) is 0 Å². The van der Waals surface area contributed by atoms with E-state index in [-0.39, 0.29) is 0 Å². The monoisotopic (exact) mass is 275 g/mol. The van der Waals surface area contributed by atoms with Gasteiger partial charge in [-0.3, -0.25) is 0 Å². The molecule has 2 aromatic carbocycles. The van der Waals surface area contributed by atoms with Crippen LogP contribution < -0.4 is 10.1 Å². The van der Waals surface area contributed by atoms with Crippen LogP contribution >= 0.6 is 11.6 Å². The van der Waals surface area contributed by atoms with Gasteiger partial charge in [0, 0.05) is 17.3 Å². The maximum absolute atomic E-state index is 5.84. The van der Waals surface area contributed by atoms with Crippen molar-refractivity contribution in [3.63, 3.8) is 0 Å². The summed E-state index contributed by atoms with van der Waals surface area (Å²) in [5.74, 6) is 0.872. The van der Waals surface area contributed by atoms with E-state index >= 15 is 0 Å². The average Bonchev–Trinajstić information content (AvgIpc) is 2.46. The van der Waals surface area contributed by atoms with Gasteiger partial charge >= 0.3 is 0 Å². The molecule has 0 saturated carbocycles. The van der Waals surface area contributed by atoms with Gasteiger partial charge < -0.3 is 10.1 Å². The van der Waals surface area contributed by atoms with Gasteiger partial charge in [0.05, 0.1) is 0 Å². The van der Waals surface area contributed by atoms with E-state index in [0.29, 0.717) is 6.61 Å². The lowest BCUT2D eigenvalue weighted by atomic mass is 10.2. The Labute approximate surface area is 119 Å². The predicted octanol–water partition coefficient (Wildman–Crippen LogP) is 4.74. The minimum Gasteiger partial charge on any atom is -0.489 e. The van der Waals surface area contributed by atoms with Gasteiger partial charge in [0.15, 0.2) is 0 Å². The normalized spacial score (nSPS) is 10.2. The Morgan fingerprint density at radius 3 is 2.32 bits per heavy atom. The lowest BCUT2D eigenvalue weighted by Crippen LogP contribution is -1.99. The number of hydrogen-bond donors (Lipinski definition) is 1. The molecule has 3 heteroatoms. The number of ether oxygens (including phenoxy) is 1. The summed E-state index contributed by atoms with van der Waals surface area (Å²) in [6.07, 6.45) is 1.12. The summed E-state index contributed by atoms with van der Waals surface area (Å²) in [5.41, 5.74) is 2.23. The van der Waals surface area contributed by atoms with Crippen molar-refractivity contribution < 1.29 is 4.74 Å². The van der Waals surface area contributed by atoms with Gasteiger partial charge in [-0.25, -0.2) is 0 Å². The Morgan fingerprint density at radius 2 is 1.68 bits per heavy atom. The number of rotatable bonds is 6. The molecule has 0 saturated heterocycles. The average molecular weight is 276 g/mol. The van der Waals surface area contributed by atoms with Crippen molar-refractivity contribution >= 4 is 17.3 Å². The summed E-state index contributed by atoms with van der Waals surface area (Å²) in [5, 5.41) is 4.08. The van der Waals surface area contributed by atoms with Crippen LogP contribution in [0.1, 0.15) is 18.9 Å². The standard InChI is InChI=1S/C16H18ClNO/c1-2-11-18-15-7-9-16(10-8-15)19-12-13-3-5-14(17)6-4-13/h3-10,18H,2,11-12H2,1H3. The minimum absolute atomic E-state index is 0.554. The third-order valence-electron chi connectivity index (χ3n) is 2.75. The highest BCUT2D eigenvalue weighted by atomic mass is 35.5. The Kier molecular flexibility index (Phi) is 5.10. The molecule has 2 aromatic rings. The summed E-state index contributed by atoms with van der Waals surface area (Å²) in [6.45, 7) is 3.69. The molecule has 1 N–H and O–H groups in total. The Morgan fingerprint density at radius 1 is 1.00 bits per heavy atom. The third kappa shape index (κ3) is 4.49. The molecule has 2 nitrogen and oxygen atoms in total. The SMILES string of the molecule is CCCNc1ccc(OCc2ccc(Cl)cc2)cc1. The van der Waals surface area contributed by atoms with E-state index in [1.54, 1.807) is 0 Å². The lowest BCUT2D eigenvalue weighted by Gasteiger charge is -2.08. The smallest absolute Gasteiger partial charge is 0.119 e. The molecule has 0 radical (unpaired) electrons. The van der Waals surface area contributed by atoms with Gasteiger partial charge in [0.2, 0.25) is 0 Å².